The second-order valence-corrected chi connectivity index (χ2v) is 5.71. The van der Waals surface area contributed by atoms with Gasteiger partial charge in [0.05, 0.1) is 10.6 Å². The maximum absolute atomic E-state index is 10.4. The van der Waals surface area contributed by atoms with Crippen molar-refractivity contribution in [3.8, 4) is 5.75 Å². The Morgan fingerprint density at radius 3 is 2.55 bits per heavy atom. The average molecular weight is 281 g/mol. The molecule has 0 amide bonds. The van der Waals surface area contributed by atoms with Crippen molar-refractivity contribution in [2.45, 2.75) is 13.3 Å². The summed E-state index contributed by atoms with van der Waals surface area (Å²) in [6, 6.07) is 15.6. The molecule has 0 fully saturated rings. The van der Waals surface area contributed by atoms with E-state index in [1.807, 2.05) is 48.5 Å². The number of hydrogen-bond acceptors (Lipinski definition) is 3. The molecule has 3 heteroatoms. The summed E-state index contributed by atoms with van der Waals surface area (Å²) in [5.74, 6) is 0.224. The summed E-state index contributed by atoms with van der Waals surface area (Å²) < 4.78 is 1.01. The van der Waals surface area contributed by atoms with Crippen LogP contribution in [0.15, 0.2) is 48.5 Å². The highest BCUT2D eigenvalue weighted by molar-refractivity contribution is 7.21. The number of nitrogens with one attached hydrogen (secondary N) is 1. The molecule has 2 N–H and O–H groups in total. The summed E-state index contributed by atoms with van der Waals surface area (Å²) in [5, 5.41) is 19.6. The molecule has 0 aliphatic rings. The minimum atomic E-state index is 0.224. The lowest BCUT2D eigenvalue weighted by Gasteiger charge is -2.08. The zero-order valence-electron chi connectivity index (χ0n) is 11.2. The van der Waals surface area contributed by atoms with Crippen molar-refractivity contribution in [3.05, 3.63) is 64.5 Å². The SMILES string of the molecule is CCc1ccccc1C(=N)c1sc2ccccc2c1O. The molecule has 0 aliphatic heterocycles. The number of rotatable bonds is 3. The van der Waals surface area contributed by atoms with Crippen molar-refractivity contribution < 1.29 is 5.11 Å². The Balaban J connectivity index is 2.15. The van der Waals surface area contributed by atoms with Gasteiger partial charge in [0, 0.05) is 15.6 Å². The lowest BCUT2D eigenvalue weighted by molar-refractivity contribution is 0.482. The van der Waals surface area contributed by atoms with Crippen LogP contribution in [0.3, 0.4) is 0 Å². The van der Waals surface area contributed by atoms with Gasteiger partial charge < -0.3 is 5.11 Å². The number of aryl methyl sites for hydroxylation is 1. The van der Waals surface area contributed by atoms with Crippen molar-refractivity contribution in [2.75, 3.05) is 0 Å². The van der Waals surface area contributed by atoms with E-state index in [0.29, 0.717) is 10.6 Å². The van der Waals surface area contributed by atoms with Crippen molar-refractivity contribution in [1.29, 1.82) is 5.41 Å². The van der Waals surface area contributed by atoms with E-state index in [4.69, 9.17) is 5.41 Å². The number of fused-ring (bicyclic) bond motifs is 1. The van der Waals surface area contributed by atoms with E-state index >= 15 is 0 Å². The fourth-order valence-electron chi connectivity index (χ4n) is 2.40. The van der Waals surface area contributed by atoms with Crippen LogP contribution < -0.4 is 0 Å². The third-order valence-corrected chi connectivity index (χ3v) is 4.64. The van der Waals surface area contributed by atoms with Gasteiger partial charge in [-0.25, -0.2) is 0 Å². The smallest absolute Gasteiger partial charge is 0.143 e. The lowest BCUT2D eigenvalue weighted by atomic mass is 10.00. The highest BCUT2D eigenvalue weighted by Gasteiger charge is 2.17. The Morgan fingerprint density at radius 2 is 1.80 bits per heavy atom. The second kappa shape index (κ2) is 5.10. The molecule has 100 valence electrons. The van der Waals surface area contributed by atoms with Gasteiger partial charge in [0.1, 0.15) is 5.75 Å². The zero-order chi connectivity index (χ0) is 14.1. The summed E-state index contributed by atoms with van der Waals surface area (Å²) in [7, 11) is 0. The van der Waals surface area contributed by atoms with Crippen molar-refractivity contribution in [1.82, 2.24) is 0 Å². The summed E-state index contributed by atoms with van der Waals surface area (Å²) >= 11 is 1.47. The van der Waals surface area contributed by atoms with Crippen LogP contribution in [0.2, 0.25) is 0 Å². The fourth-order valence-corrected chi connectivity index (χ4v) is 3.46. The van der Waals surface area contributed by atoms with Crippen LogP contribution in [0.4, 0.5) is 0 Å². The van der Waals surface area contributed by atoms with Gasteiger partial charge in [-0.2, -0.15) is 0 Å². The highest BCUT2D eigenvalue weighted by Crippen LogP contribution is 2.38. The van der Waals surface area contributed by atoms with E-state index in [0.717, 1.165) is 27.6 Å². The summed E-state index contributed by atoms with van der Waals surface area (Å²) in [6.45, 7) is 2.08. The first-order valence-corrected chi connectivity index (χ1v) is 7.41. The summed E-state index contributed by atoms with van der Waals surface area (Å²) in [5.41, 5.74) is 2.44. The molecule has 3 rings (SSSR count). The number of hydrogen-bond donors (Lipinski definition) is 2. The minimum absolute atomic E-state index is 0.224. The van der Waals surface area contributed by atoms with Crippen molar-refractivity contribution in [2.24, 2.45) is 0 Å². The first-order valence-electron chi connectivity index (χ1n) is 6.60. The molecule has 0 saturated carbocycles. The van der Waals surface area contributed by atoms with E-state index in [2.05, 4.69) is 6.92 Å². The third-order valence-electron chi connectivity index (χ3n) is 3.46. The maximum atomic E-state index is 10.4. The molecule has 0 spiro atoms. The molecule has 0 atom stereocenters. The molecule has 1 aromatic heterocycles. The molecule has 0 unspecified atom stereocenters. The Hall–Kier alpha value is -2.13. The van der Waals surface area contributed by atoms with Gasteiger partial charge in [-0.05, 0) is 24.1 Å². The standard InChI is InChI=1S/C17H15NOS/c1-2-11-7-3-4-8-12(11)15(18)17-16(19)13-9-5-6-10-14(13)20-17/h3-10,18-19H,2H2,1H3. The van der Waals surface area contributed by atoms with E-state index in [1.165, 1.54) is 11.3 Å². The highest BCUT2D eigenvalue weighted by atomic mass is 32.1. The summed E-state index contributed by atoms with van der Waals surface area (Å²) in [4.78, 5) is 0.645. The molecule has 1 heterocycles. The molecule has 3 aromatic rings. The second-order valence-electron chi connectivity index (χ2n) is 4.66. The fraction of sp³-hybridized carbons (Fsp3) is 0.118. The van der Waals surface area contributed by atoms with Gasteiger partial charge >= 0.3 is 0 Å². The van der Waals surface area contributed by atoms with E-state index in [-0.39, 0.29) is 5.75 Å². The number of benzene rings is 2. The Bertz CT molecular complexity index is 789. The molecule has 20 heavy (non-hydrogen) atoms. The Labute approximate surface area is 121 Å². The quantitative estimate of drug-likeness (QED) is 0.678. The van der Waals surface area contributed by atoms with Gasteiger partial charge in [-0.3, -0.25) is 5.41 Å². The van der Waals surface area contributed by atoms with Gasteiger partial charge in [-0.1, -0.05) is 43.3 Å². The monoisotopic (exact) mass is 281 g/mol. The van der Waals surface area contributed by atoms with Gasteiger partial charge in [0.15, 0.2) is 0 Å². The van der Waals surface area contributed by atoms with Crippen LogP contribution in [0, 0.1) is 5.41 Å². The summed E-state index contributed by atoms with van der Waals surface area (Å²) in [6.07, 6.45) is 0.879. The molecule has 2 aromatic carbocycles. The molecule has 0 bridgehead atoms. The van der Waals surface area contributed by atoms with E-state index in [1.54, 1.807) is 0 Å². The lowest BCUT2D eigenvalue weighted by Crippen LogP contribution is -2.03. The largest absolute Gasteiger partial charge is 0.506 e. The molecule has 0 aliphatic carbocycles. The van der Waals surface area contributed by atoms with Crippen molar-refractivity contribution in [3.63, 3.8) is 0 Å². The van der Waals surface area contributed by atoms with Gasteiger partial charge in [0.2, 0.25) is 0 Å². The van der Waals surface area contributed by atoms with Gasteiger partial charge in [-0.15, -0.1) is 11.3 Å². The zero-order valence-corrected chi connectivity index (χ0v) is 12.0. The normalized spacial score (nSPS) is 10.8. The van der Waals surface area contributed by atoms with Crippen LogP contribution in [0.1, 0.15) is 22.9 Å². The minimum Gasteiger partial charge on any atom is -0.506 e. The van der Waals surface area contributed by atoms with E-state index < -0.39 is 0 Å². The van der Waals surface area contributed by atoms with Crippen molar-refractivity contribution >= 4 is 27.1 Å². The van der Waals surface area contributed by atoms with Crippen LogP contribution in [0.25, 0.3) is 10.1 Å². The van der Waals surface area contributed by atoms with Crippen LogP contribution >= 0.6 is 11.3 Å². The van der Waals surface area contributed by atoms with Crippen LogP contribution in [0.5, 0.6) is 5.75 Å². The predicted octanol–water partition coefficient (Wildman–Crippen LogP) is 4.59. The van der Waals surface area contributed by atoms with Crippen LogP contribution in [-0.4, -0.2) is 10.8 Å². The first-order chi connectivity index (χ1) is 9.72. The number of thiophene rings is 1. The molecule has 0 radical (unpaired) electrons. The van der Waals surface area contributed by atoms with E-state index in [9.17, 15) is 5.11 Å². The Kier molecular flexibility index (Phi) is 3.28. The first kappa shape index (κ1) is 12.9. The van der Waals surface area contributed by atoms with Gasteiger partial charge in [0.25, 0.3) is 0 Å². The molecule has 0 saturated heterocycles. The molecular formula is C17H15NOS. The Morgan fingerprint density at radius 1 is 1.10 bits per heavy atom. The topological polar surface area (TPSA) is 44.1 Å². The molecular weight excluding hydrogens is 266 g/mol. The third kappa shape index (κ3) is 2.00. The average Bonchev–Trinajstić information content (AvgIpc) is 2.84. The van der Waals surface area contributed by atoms with Crippen LogP contribution in [-0.2, 0) is 6.42 Å². The number of aromatic hydroxyl groups is 1. The predicted molar refractivity (Wildman–Crippen MR) is 85.2 cm³/mol. The maximum Gasteiger partial charge on any atom is 0.143 e. The molecule has 2 nitrogen and oxygen atoms in total.